The predicted molar refractivity (Wildman–Crippen MR) is 80.9 cm³/mol. The summed E-state index contributed by atoms with van der Waals surface area (Å²) in [5.41, 5.74) is 1.13. The lowest BCUT2D eigenvalue weighted by atomic mass is 9.96. The lowest BCUT2D eigenvalue weighted by molar-refractivity contribution is -0.132. The fraction of sp³-hybridized carbons (Fsp3) is 0.600. The molecule has 0 aliphatic carbocycles. The van der Waals surface area contributed by atoms with Crippen molar-refractivity contribution >= 4 is 5.91 Å². The summed E-state index contributed by atoms with van der Waals surface area (Å²) in [6.45, 7) is 5.25. The second kappa shape index (κ2) is 6.72. The van der Waals surface area contributed by atoms with E-state index in [9.17, 15) is 4.79 Å². The van der Waals surface area contributed by atoms with Crippen molar-refractivity contribution in [1.82, 2.24) is 29.4 Å². The quantitative estimate of drug-likeness (QED) is 0.830. The van der Waals surface area contributed by atoms with Gasteiger partial charge in [-0.1, -0.05) is 0 Å². The maximum absolute atomic E-state index is 12.3. The van der Waals surface area contributed by atoms with Crippen LogP contribution in [-0.2, 0) is 17.9 Å². The zero-order valence-corrected chi connectivity index (χ0v) is 12.9. The smallest absolute Gasteiger partial charge is 0.224 e. The van der Waals surface area contributed by atoms with E-state index in [4.69, 9.17) is 0 Å². The Kier molecular flexibility index (Phi) is 4.50. The number of amides is 1. The molecule has 22 heavy (non-hydrogen) atoms. The Morgan fingerprint density at radius 1 is 1.27 bits per heavy atom. The molecule has 0 radical (unpaired) electrons. The molecule has 0 aromatic carbocycles. The number of rotatable bonds is 5. The third-order valence-corrected chi connectivity index (χ3v) is 4.20. The van der Waals surface area contributed by atoms with E-state index in [1.54, 1.807) is 12.7 Å². The van der Waals surface area contributed by atoms with Crippen molar-refractivity contribution in [2.45, 2.75) is 39.3 Å². The van der Waals surface area contributed by atoms with Gasteiger partial charge in [0.2, 0.25) is 5.91 Å². The maximum Gasteiger partial charge on any atom is 0.224 e. The Labute approximate surface area is 129 Å². The van der Waals surface area contributed by atoms with Crippen LogP contribution in [0, 0.1) is 12.8 Å². The summed E-state index contributed by atoms with van der Waals surface area (Å²) in [4.78, 5) is 18.2. The molecule has 1 saturated heterocycles. The standard InChI is InChI=1S/C15H22N6O/c1-13-8-17-20(9-13)7-4-15(22)19-5-2-14(3-6-19)10-21-12-16-11-18-21/h8-9,11-12,14H,2-7,10H2,1H3. The minimum Gasteiger partial charge on any atom is -0.343 e. The van der Waals surface area contributed by atoms with Crippen molar-refractivity contribution in [3.05, 3.63) is 30.6 Å². The van der Waals surface area contributed by atoms with Crippen LogP contribution in [0.25, 0.3) is 0 Å². The molecule has 0 atom stereocenters. The largest absolute Gasteiger partial charge is 0.343 e. The van der Waals surface area contributed by atoms with Crippen molar-refractivity contribution in [1.29, 1.82) is 0 Å². The summed E-state index contributed by atoms with van der Waals surface area (Å²) in [5.74, 6) is 0.812. The molecule has 1 aliphatic rings. The van der Waals surface area contributed by atoms with Gasteiger partial charge in [0.1, 0.15) is 12.7 Å². The molecule has 2 aromatic rings. The van der Waals surface area contributed by atoms with E-state index in [1.165, 1.54) is 0 Å². The van der Waals surface area contributed by atoms with Crippen molar-refractivity contribution in [3.63, 3.8) is 0 Å². The number of aryl methyl sites for hydroxylation is 2. The highest BCUT2D eigenvalue weighted by atomic mass is 16.2. The first-order valence-electron chi connectivity index (χ1n) is 7.80. The van der Waals surface area contributed by atoms with E-state index >= 15 is 0 Å². The molecule has 1 amide bonds. The molecular weight excluding hydrogens is 280 g/mol. The lowest BCUT2D eigenvalue weighted by Gasteiger charge is -2.32. The number of likely N-dealkylation sites (tertiary alicyclic amines) is 1. The summed E-state index contributed by atoms with van der Waals surface area (Å²) < 4.78 is 3.72. The number of hydrogen-bond acceptors (Lipinski definition) is 4. The molecule has 3 heterocycles. The first-order chi connectivity index (χ1) is 10.7. The van der Waals surface area contributed by atoms with Crippen LogP contribution in [0.3, 0.4) is 0 Å². The third kappa shape index (κ3) is 3.72. The van der Waals surface area contributed by atoms with Gasteiger partial charge < -0.3 is 4.90 Å². The first-order valence-corrected chi connectivity index (χ1v) is 7.80. The second-order valence-corrected chi connectivity index (χ2v) is 5.97. The van der Waals surface area contributed by atoms with Crippen LogP contribution in [0.2, 0.25) is 0 Å². The fourth-order valence-electron chi connectivity index (χ4n) is 2.91. The van der Waals surface area contributed by atoms with Crippen molar-refractivity contribution in [2.75, 3.05) is 13.1 Å². The molecule has 118 valence electrons. The molecule has 1 fully saturated rings. The SMILES string of the molecule is Cc1cnn(CCC(=O)N2CCC(Cn3cncn3)CC2)c1. The van der Waals surface area contributed by atoms with E-state index in [2.05, 4.69) is 15.2 Å². The van der Waals surface area contributed by atoms with Gasteiger partial charge in [-0.15, -0.1) is 0 Å². The molecule has 2 aromatic heterocycles. The molecule has 0 spiro atoms. The maximum atomic E-state index is 12.3. The number of piperidine rings is 1. The van der Waals surface area contributed by atoms with Crippen LogP contribution in [0.1, 0.15) is 24.8 Å². The second-order valence-electron chi connectivity index (χ2n) is 5.97. The van der Waals surface area contributed by atoms with E-state index in [1.807, 2.05) is 33.6 Å². The van der Waals surface area contributed by atoms with Crippen LogP contribution in [0.5, 0.6) is 0 Å². The van der Waals surface area contributed by atoms with Crippen LogP contribution in [-0.4, -0.2) is 48.4 Å². The summed E-state index contributed by atoms with van der Waals surface area (Å²) in [6, 6.07) is 0. The molecule has 1 aliphatic heterocycles. The fourth-order valence-corrected chi connectivity index (χ4v) is 2.91. The van der Waals surface area contributed by atoms with Gasteiger partial charge in [0.25, 0.3) is 0 Å². The molecule has 0 bridgehead atoms. The average molecular weight is 302 g/mol. The van der Waals surface area contributed by atoms with Crippen molar-refractivity contribution < 1.29 is 4.79 Å². The summed E-state index contributed by atoms with van der Waals surface area (Å²) >= 11 is 0. The molecule has 0 unspecified atom stereocenters. The summed E-state index contributed by atoms with van der Waals surface area (Å²) in [6.07, 6.45) is 9.70. The Morgan fingerprint density at radius 3 is 2.73 bits per heavy atom. The Morgan fingerprint density at radius 2 is 2.09 bits per heavy atom. The number of carbonyl (C=O) groups excluding carboxylic acids is 1. The topological polar surface area (TPSA) is 68.8 Å². The van der Waals surface area contributed by atoms with Crippen LogP contribution < -0.4 is 0 Å². The number of carbonyl (C=O) groups is 1. The first kappa shape index (κ1) is 14.7. The van der Waals surface area contributed by atoms with Gasteiger partial charge in [0, 0.05) is 38.8 Å². The Balaban J connectivity index is 1.41. The van der Waals surface area contributed by atoms with E-state index in [0.717, 1.165) is 38.0 Å². The van der Waals surface area contributed by atoms with Crippen LogP contribution >= 0.6 is 0 Å². The monoisotopic (exact) mass is 302 g/mol. The van der Waals surface area contributed by atoms with Gasteiger partial charge >= 0.3 is 0 Å². The van der Waals surface area contributed by atoms with E-state index in [-0.39, 0.29) is 5.91 Å². The minimum atomic E-state index is 0.229. The molecule has 0 saturated carbocycles. The highest BCUT2D eigenvalue weighted by Gasteiger charge is 2.23. The number of aromatic nitrogens is 5. The third-order valence-electron chi connectivity index (χ3n) is 4.20. The molecule has 0 N–H and O–H groups in total. The van der Waals surface area contributed by atoms with E-state index < -0.39 is 0 Å². The molecule has 7 nitrogen and oxygen atoms in total. The predicted octanol–water partition coefficient (Wildman–Crippen LogP) is 1.11. The average Bonchev–Trinajstić information content (AvgIpc) is 3.17. The zero-order chi connectivity index (χ0) is 15.4. The number of nitrogens with zero attached hydrogens (tertiary/aromatic N) is 6. The van der Waals surface area contributed by atoms with Crippen LogP contribution in [0.15, 0.2) is 25.0 Å². The normalized spacial score (nSPS) is 16.1. The zero-order valence-electron chi connectivity index (χ0n) is 12.9. The van der Waals surface area contributed by atoms with Gasteiger partial charge in [-0.05, 0) is 31.2 Å². The number of hydrogen-bond donors (Lipinski definition) is 0. The summed E-state index contributed by atoms with van der Waals surface area (Å²) in [5, 5.41) is 8.36. The van der Waals surface area contributed by atoms with Crippen molar-refractivity contribution in [3.8, 4) is 0 Å². The molecule has 7 heteroatoms. The summed E-state index contributed by atoms with van der Waals surface area (Å²) in [7, 11) is 0. The minimum absolute atomic E-state index is 0.229. The highest BCUT2D eigenvalue weighted by Crippen LogP contribution is 2.19. The van der Waals surface area contributed by atoms with Gasteiger partial charge in [0.15, 0.2) is 0 Å². The van der Waals surface area contributed by atoms with E-state index in [0.29, 0.717) is 18.9 Å². The van der Waals surface area contributed by atoms with Gasteiger partial charge in [-0.3, -0.25) is 14.2 Å². The molecule has 3 rings (SSSR count). The van der Waals surface area contributed by atoms with Gasteiger partial charge in [-0.2, -0.15) is 10.2 Å². The Bertz CT molecular complexity index is 597. The highest BCUT2D eigenvalue weighted by molar-refractivity contribution is 5.76. The van der Waals surface area contributed by atoms with Gasteiger partial charge in [0.05, 0.1) is 6.20 Å². The Hall–Kier alpha value is -2.18. The molecular formula is C15H22N6O. The van der Waals surface area contributed by atoms with Crippen LogP contribution in [0.4, 0.5) is 0 Å². The van der Waals surface area contributed by atoms with Gasteiger partial charge in [-0.25, -0.2) is 4.98 Å². The lowest BCUT2D eigenvalue weighted by Crippen LogP contribution is -2.39. The van der Waals surface area contributed by atoms with Crippen molar-refractivity contribution in [2.24, 2.45) is 5.92 Å².